The Kier molecular flexibility index (Phi) is 5.93. The molecule has 1 atom stereocenters. The van der Waals surface area contributed by atoms with Crippen molar-refractivity contribution >= 4 is 16.6 Å². The van der Waals surface area contributed by atoms with Crippen LogP contribution in [-0.2, 0) is 6.54 Å². The first-order valence-electron chi connectivity index (χ1n) is 8.59. The first-order valence-corrected chi connectivity index (χ1v) is 8.59. The highest BCUT2D eigenvalue weighted by molar-refractivity contribution is 5.81. The third-order valence-corrected chi connectivity index (χ3v) is 4.21. The summed E-state index contributed by atoms with van der Waals surface area (Å²) in [6.07, 6.45) is 0.291. The van der Waals surface area contributed by atoms with E-state index in [-0.39, 0.29) is 30.1 Å². The van der Waals surface area contributed by atoms with Crippen molar-refractivity contribution in [2.75, 3.05) is 20.8 Å². The minimum atomic E-state index is -1.04. The molecule has 1 unspecified atom stereocenters. The number of aliphatic hydroxyl groups is 1. The van der Waals surface area contributed by atoms with Crippen LogP contribution in [0.15, 0.2) is 47.5 Å². The van der Waals surface area contributed by atoms with Gasteiger partial charge in [-0.15, -0.1) is 0 Å². The van der Waals surface area contributed by atoms with Crippen LogP contribution in [0.3, 0.4) is 0 Å². The van der Waals surface area contributed by atoms with Gasteiger partial charge >= 0.3 is 0 Å². The molecule has 0 fully saturated rings. The van der Waals surface area contributed by atoms with Crippen molar-refractivity contribution in [3.8, 4) is 17.2 Å². The molecule has 152 valence electrons. The van der Waals surface area contributed by atoms with Gasteiger partial charge in [-0.3, -0.25) is 19.5 Å². The number of hydrogen-bond donors (Lipinski definition) is 1. The van der Waals surface area contributed by atoms with Crippen molar-refractivity contribution in [2.45, 2.75) is 12.6 Å². The van der Waals surface area contributed by atoms with Crippen LogP contribution in [0.4, 0.5) is 5.69 Å². The van der Waals surface area contributed by atoms with E-state index >= 15 is 0 Å². The number of non-ortho nitro benzene ring substituents is 1. The normalized spacial score (nSPS) is 11.8. The van der Waals surface area contributed by atoms with Gasteiger partial charge in [0.05, 0.1) is 49.0 Å². The second kappa shape index (κ2) is 8.57. The topological polar surface area (TPSA) is 126 Å². The zero-order valence-electron chi connectivity index (χ0n) is 15.8. The highest BCUT2D eigenvalue weighted by Gasteiger charge is 2.14. The van der Waals surface area contributed by atoms with E-state index in [9.17, 15) is 20.0 Å². The number of nitrogens with zero attached hydrogens (tertiary/aromatic N) is 3. The molecule has 10 nitrogen and oxygen atoms in total. The highest BCUT2D eigenvalue weighted by Crippen LogP contribution is 2.29. The van der Waals surface area contributed by atoms with Gasteiger partial charge in [-0.1, -0.05) is 6.07 Å². The van der Waals surface area contributed by atoms with E-state index in [2.05, 4.69) is 4.98 Å². The standard InChI is InChI=1S/C19H19N3O7/c1-27-17-7-15-16(8-18(17)28-2)20-11-21(19(15)24)9-13(23)10-29-14-5-3-4-12(6-14)22(25)26/h3-8,11,13,23H,9-10H2,1-2H3. The summed E-state index contributed by atoms with van der Waals surface area (Å²) in [5.74, 6) is 1.10. The van der Waals surface area contributed by atoms with Crippen molar-refractivity contribution in [3.63, 3.8) is 0 Å². The van der Waals surface area contributed by atoms with Crippen LogP contribution in [0, 0.1) is 10.1 Å². The lowest BCUT2D eigenvalue weighted by atomic mass is 10.2. The Labute approximate surface area is 165 Å². The molecule has 1 N–H and O–H groups in total. The molecule has 3 rings (SSSR count). The van der Waals surface area contributed by atoms with Gasteiger partial charge in [-0.2, -0.15) is 0 Å². The third-order valence-electron chi connectivity index (χ3n) is 4.21. The van der Waals surface area contributed by atoms with Crippen LogP contribution >= 0.6 is 0 Å². The van der Waals surface area contributed by atoms with Gasteiger partial charge in [-0.25, -0.2) is 4.98 Å². The van der Waals surface area contributed by atoms with Gasteiger partial charge in [0.1, 0.15) is 18.5 Å². The van der Waals surface area contributed by atoms with Crippen LogP contribution in [0.1, 0.15) is 0 Å². The number of aromatic nitrogens is 2. The molecule has 0 amide bonds. The monoisotopic (exact) mass is 401 g/mol. The fourth-order valence-electron chi connectivity index (χ4n) is 2.77. The Bertz CT molecular complexity index is 1100. The van der Waals surface area contributed by atoms with Gasteiger partial charge in [0, 0.05) is 12.1 Å². The maximum Gasteiger partial charge on any atom is 0.273 e. The molecule has 0 spiro atoms. The lowest BCUT2D eigenvalue weighted by molar-refractivity contribution is -0.384. The molecule has 3 aromatic rings. The predicted molar refractivity (Wildman–Crippen MR) is 104 cm³/mol. The summed E-state index contributed by atoms with van der Waals surface area (Å²) in [5.41, 5.74) is -0.0344. The molecular formula is C19H19N3O7. The molecule has 0 saturated heterocycles. The molecule has 2 aromatic carbocycles. The maximum atomic E-state index is 12.7. The second-order valence-electron chi connectivity index (χ2n) is 6.15. The van der Waals surface area contributed by atoms with Gasteiger partial charge in [0.25, 0.3) is 11.2 Å². The zero-order chi connectivity index (χ0) is 21.0. The fraction of sp³-hybridized carbons (Fsp3) is 0.263. The minimum Gasteiger partial charge on any atom is -0.493 e. The Morgan fingerprint density at radius 3 is 2.62 bits per heavy atom. The van der Waals surface area contributed by atoms with Gasteiger partial charge in [0.2, 0.25) is 0 Å². The molecule has 0 bridgehead atoms. The Morgan fingerprint density at radius 2 is 1.93 bits per heavy atom. The smallest absolute Gasteiger partial charge is 0.273 e. The number of nitro benzene ring substituents is 1. The van der Waals surface area contributed by atoms with E-state index in [0.29, 0.717) is 22.4 Å². The van der Waals surface area contributed by atoms with Crippen LogP contribution in [0.25, 0.3) is 10.9 Å². The van der Waals surface area contributed by atoms with Crippen molar-refractivity contribution in [2.24, 2.45) is 0 Å². The molecule has 10 heteroatoms. The van der Waals surface area contributed by atoms with E-state index in [0.717, 1.165) is 0 Å². The molecule has 0 aliphatic carbocycles. The SMILES string of the molecule is COc1cc2ncn(CC(O)COc3cccc([N+](=O)[O-])c3)c(=O)c2cc1OC. The molecule has 0 saturated carbocycles. The van der Waals surface area contributed by atoms with Gasteiger partial charge in [-0.05, 0) is 12.1 Å². The maximum absolute atomic E-state index is 12.7. The summed E-state index contributed by atoms with van der Waals surface area (Å²) in [7, 11) is 2.95. The zero-order valence-corrected chi connectivity index (χ0v) is 15.8. The lowest BCUT2D eigenvalue weighted by Gasteiger charge is -2.14. The van der Waals surface area contributed by atoms with Crippen molar-refractivity contribution < 1.29 is 24.2 Å². The summed E-state index contributed by atoms with van der Waals surface area (Å²) in [6.45, 7) is -0.220. The van der Waals surface area contributed by atoms with Crippen molar-refractivity contribution in [1.29, 1.82) is 0 Å². The molecule has 0 aliphatic rings. The van der Waals surface area contributed by atoms with Crippen LogP contribution in [-0.4, -0.2) is 46.5 Å². The van der Waals surface area contributed by atoms with E-state index in [1.165, 1.54) is 49.4 Å². The molecule has 0 radical (unpaired) electrons. The number of rotatable bonds is 8. The van der Waals surface area contributed by atoms with E-state index in [4.69, 9.17) is 14.2 Å². The summed E-state index contributed by atoms with van der Waals surface area (Å²) in [6, 6.07) is 8.76. The van der Waals surface area contributed by atoms with E-state index in [1.807, 2.05) is 0 Å². The highest BCUT2D eigenvalue weighted by atomic mass is 16.6. The molecular weight excluding hydrogens is 382 g/mol. The average molecular weight is 401 g/mol. The first-order chi connectivity index (χ1) is 13.9. The molecule has 0 aliphatic heterocycles. The summed E-state index contributed by atoms with van der Waals surface area (Å²) < 4.78 is 17.1. The summed E-state index contributed by atoms with van der Waals surface area (Å²) in [5, 5.41) is 21.3. The molecule has 1 aromatic heterocycles. The fourth-order valence-corrected chi connectivity index (χ4v) is 2.77. The number of nitro groups is 1. The quantitative estimate of drug-likeness (QED) is 0.447. The van der Waals surface area contributed by atoms with Crippen molar-refractivity contribution in [1.82, 2.24) is 9.55 Å². The van der Waals surface area contributed by atoms with Crippen molar-refractivity contribution in [3.05, 3.63) is 63.2 Å². The first kappa shape index (κ1) is 20.1. The van der Waals surface area contributed by atoms with Crippen LogP contribution < -0.4 is 19.8 Å². The summed E-state index contributed by atoms with van der Waals surface area (Å²) >= 11 is 0. The Hall–Kier alpha value is -3.66. The average Bonchev–Trinajstić information content (AvgIpc) is 2.73. The molecule has 1 heterocycles. The number of ether oxygens (including phenoxy) is 3. The van der Waals surface area contributed by atoms with Crippen LogP contribution in [0.2, 0.25) is 0 Å². The minimum absolute atomic E-state index is 0.0644. The number of aliphatic hydroxyl groups excluding tert-OH is 1. The Morgan fingerprint density at radius 1 is 1.21 bits per heavy atom. The third kappa shape index (κ3) is 4.43. The van der Waals surface area contributed by atoms with Gasteiger partial charge < -0.3 is 19.3 Å². The van der Waals surface area contributed by atoms with Gasteiger partial charge in [0.15, 0.2) is 11.5 Å². The lowest BCUT2D eigenvalue weighted by Crippen LogP contribution is -2.30. The largest absolute Gasteiger partial charge is 0.493 e. The summed E-state index contributed by atoms with van der Waals surface area (Å²) in [4.78, 5) is 27.2. The Balaban J connectivity index is 1.75. The van der Waals surface area contributed by atoms with E-state index in [1.54, 1.807) is 12.1 Å². The second-order valence-corrected chi connectivity index (χ2v) is 6.15. The predicted octanol–water partition coefficient (Wildman–Crippen LogP) is 1.76. The number of hydrogen-bond acceptors (Lipinski definition) is 8. The number of fused-ring (bicyclic) bond motifs is 1. The number of benzene rings is 2. The number of methoxy groups -OCH3 is 2. The molecule has 29 heavy (non-hydrogen) atoms. The van der Waals surface area contributed by atoms with Crippen LogP contribution in [0.5, 0.6) is 17.2 Å². The van der Waals surface area contributed by atoms with E-state index < -0.39 is 11.0 Å².